The van der Waals surface area contributed by atoms with Gasteiger partial charge in [-0.15, -0.1) is 0 Å². The van der Waals surface area contributed by atoms with Crippen LogP contribution in [0.5, 0.6) is 0 Å². The first-order chi connectivity index (χ1) is 7.70. The number of rotatable bonds is 2. The minimum absolute atomic E-state index is 0.179. The summed E-state index contributed by atoms with van der Waals surface area (Å²) in [5.74, 6) is -1.14. The fourth-order valence-corrected chi connectivity index (χ4v) is 1.32. The summed E-state index contributed by atoms with van der Waals surface area (Å²) >= 11 is 0. The Labute approximate surface area is 90.4 Å². The number of halogens is 2. The zero-order valence-electron chi connectivity index (χ0n) is 8.19. The third kappa shape index (κ3) is 2.04. The van der Waals surface area contributed by atoms with Crippen LogP contribution in [0.3, 0.4) is 0 Å². The average molecular weight is 222 g/mol. The number of nitrogens with zero attached hydrogens (tertiary/aromatic N) is 2. The summed E-state index contributed by atoms with van der Waals surface area (Å²) in [5.41, 5.74) is 0.495. The second-order valence-corrected chi connectivity index (χ2v) is 3.14. The largest absolute Gasteiger partial charge is 0.388 e. The van der Waals surface area contributed by atoms with Gasteiger partial charge in [-0.1, -0.05) is 0 Å². The number of benzene rings is 1. The highest BCUT2D eigenvalue weighted by Crippen LogP contribution is 2.21. The molecule has 2 rings (SSSR count). The van der Waals surface area contributed by atoms with Crippen LogP contribution in [0.1, 0.15) is 5.82 Å². The topological polar surface area (TPSA) is 46.0 Å². The first-order valence-corrected chi connectivity index (χ1v) is 4.59. The summed E-state index contributed by atoms with van der Waals surface area (Å²) < 4.78 is 26.1. The molecule has 1 N–H and O–H groups in total. The average Bonchev–Trinajstić information content (AvgIpc) is 2.29. The molecule has 0 aliphatic rings. The molecule has 0 saturated heterocycles. The van der Waals surface area contributed by atoms with E-state index in [4.69, 9.17) is 5.11 Å². The molecule has 0 unspecified atom stereocenters. The molecule has 0 amide bonds. The predicted molar refractivity (Wildman–Crippen MR) is 53.3 cm³/mol. The van der Waals surface area contributed by atoms with E-state index in [9.17, 15) is 8.78 Å². The Morgan fingerprint density at radius 1 is 1.19 bits per heavy atom. The minimum Gasteiger partial charge on any atom is -0.388 e. The predicted octanol–water partition coefficient (Wildman–Crippen LogP) is 1.91. The van der Waals surface area contributed by atoms with Crippen LogP contribution in [-0.4, -0.2) is 15.1 Å². The Morgan fingerprint density at radius 2 is 2.00 bits per heavy atom. The van der Waals surface area contributed by atoms with Gasteiger partial charge >= 0.3 is 0 Å². The van der Waals surface area contributed by atoms with Gasteiger partial charge in [-0.3, -0.25) is 0 Å². The lowest BCUT2D eigenvalue weighted by atomic mass is 10.1. The first kappa shape index (κ1) is 10.6. The number of aliphatic hydroxyl groups is 1. The van der Waals surface area contributed by atoms with E-state index >= 15 is 0 Å². The van der Waals surface area contributed by atoms with E-state index in [0.717, 1.165) is 12.1 Å². The summed E-state index contributed by atoms with van der Waals surface area (Å²) in [6, 6.07) is 4.73. The molecule has 0 spiro atoms. The van der Waals surface area contributed by atoms with Crippen molar-refractivity contribution in [3.63, 3.8) is 0 Å². The van der Waals surface area contributed by atoms with Crippen LogP contribution in [0.4, 0.5) is 8.78 Å². The number of hydrogen-bond donors (Lipinski definition) is 1. The quantitative estimate of drug-likeness (QED) is 0.844. The van der Waals surface area contributed by atoms with Crippen molar-refractivity contribution in [3.8, 4) is 11.3 Å². The fraction of sp³-hybridized carbons (Fsp3) is 0.0909. The lowest BCUT2D eigenvalue weighted by molar-refractivity contribution is 0.271. The lowest BCUT2D eigenvalue weighted by Gasteiger charge is -2.03. The summed E-state index contributed by atoms with van der Waals surface area (Å²) in [5, 5.41) is 8.84. The van der Waals surface area contributed by atoms with Crippen LogP contribution in [-0.2, 0) is 6.61 Å². The fourth-order valence-electron chi connectivity index (χ4n) is 1.32. The van der Waals surface area contributed by atoms with E-state index in [1.54, 1.807) is 0 Å². The van der Waals surface area contributed by atoms with Crippen molar-refractivity contribution in [1.29, 1.82) is 0 Å². The molecule has 1 heterocycles. The second-order valence-electron chi connectivity index (χ2n) is 3.14. The Bertz CT molecular complexity index is 517. The van der Waals surface area contributed by atoms with Crippen molar-refractivity contribution in [3.05, 3.63) is 47.9 Å². The molecule has 0 fully saturated rings. The number of aliphatic hydroxyl groups excluding tert-OH is 1. The molecule has 0 atom stereocenters. The van der Waals surface area contributed by atoms with Gasteiger partial charge in [-0.25, -0.2) is 18.7 Å². The molecule has 0 saturated carbocycles. The van der Waals surface area contributed by atoms with Gasteiger partial charge in [0.05, 0.1) is 5.69 Å². The van der Waals surface area contributed by atoms with E-state index in [1.165, 1.54) is 18.3 Å². The second kappa shape index (κ2) is 4.32. The van der Waals surface area contributed by atoms with E-state index < -0.39 is 11.6 Å². The van der Waals surface area contributed by atoms with Gasteiger partial charge in [-0.05, 0) is 18.2 Å². The highest BCUT2D eigenvalue weighted by atomic mass is 19.1. The minimum atomic E-state index is -0.692. The molecule has 0 aliphatic carbocycles. The summed E-state index contributed by atoms with van der Waals surface area (Å²) in [6.45, 7) is -0.323. The molecule has 0 bridgehead atoms. The lowest BCUT2D eigenvalue weighted by Crippen LogP contribution is -1.96. The van der Waals surface area contributed by atoms with Crippen molar-refractivity contribution in [2.24, 2.45) is 0 Å². The zero-order valence-corrected chi connectivity index (χ0v) is 8.19. The van der Waals surface area contributed by atoms with Crippen molar-refractivity contribution in [2.75, 3.05) is 0 Å². The zero-order chi connectivity index (χ0) is 11.5. The SMILES string of the molecule is OCc1nccc(-c2ccc(F)cc2F)n1. The maximum absolute atomic E-state index is 13.4. The standard InChI is InChI=1S/C11H8F2N2O/c12-7-1-2-8(9(13)5-7)10-3-4-14-11(6-16)15-10/h1-5,16H,6H2. The Hall–Kier alpha value is -1.88. The van der Waals surface area contributed by atoms with E-state index in [0.29, 0.717) is 5.69 Å². The Balaban J connectivity index is 2.49. The van der Waals surface area contributed by atoms with Crippen LogP contribution in [0.25, 0.3) is 11.3 Å². The Morgan fingerprint density at radius 3 is 2.69 bits per heavy atom. The monoisotopic (exact) mass is 222 g/mol. The highest BCUT2D eigenvalue weighted by molar-refractivity contribution is 5.59. The molecule has 16 heavy (non-hydrogen) atoms. The van der Waals surface area contributed by atoms with Gasteiger partial charge in [0.2, 0.25) is 0 Å². The van der Waals surface area contributed by atoms with Gasteiger partial charge in [0.15, 0.2) is 5.82 Å². The first-order valence-electron chi connectivity index (χ1n) is 4.59. The number of hydrogen-bond acceptors (Lipinski definition) is 3. The van der Waals surface area contributed by atoms with Crippen molar-refractivity contribution < 1.29 is 13.9 Å². The molecule has 0 aliphatic heterocycles. The molecule has 5 heteroatoms. The summed E-state index contributed by atoms with van der Waals surface area (Å²) in [6.07, 6.45) is 1.41. The smallest absolute Gasteiger partial charge is 0.154 e. The summed E-state index contributed by atoms with van der Waals surface area (Å²) in [4.78, 5) is 7.70. The molecule has 3 nitrogen and oxygen atoms in total. The van der Waals surface area contributed by atoms with E-state index in [2.05, 4.69) is 9.97 Å². The molecule has 0 radical (unpaired) electrons. The maximum atomic E-state index is 13.4. The highest BCUT2D eigenvalue weighted by Gasteiger charge is 2.08. The molecule has 2 aromatic rings. The molecular formula is C11H8F2N2O. The molecule has 1 aromatic heterocycles. The van der Waals surface area contributed by atoms with E-state index in [-0.39, 0.29) is 18.0 Å². The van der Waals surface area contributed by atoms with Crippen LogP contribution >= 0.6 is 0 Å². The van der Waals surface area contributed by atoms with Crippen LogP contribution in [0.15, 0.2) is 30.5 Å². The van der Waals surface area contributed by atoms with Gasteiger partial charge in [-0.2, -0.15) is 0 Å². The van der Waals surface area contributed by atoms with Gasteiger partial charge in [0.25, 0.3) is 0 Å². The normalized spacial score (nSPS) is 10.4. The van der Waals surface area contributed by atoms with Crippen molar-refractivity contribution >= 4 is 0 Å². The van der Waals surface area contributed by atoms with E-state index in [1.807, 2.05) is 0 Å². The van der Waals surface area contributed by atoms with Crippen molar-refractivity contribution in [2.45, 2.75) is 6.61 Å². The Kier molecular flexibility index (Phi) is 2.87. The van der Waals surface area contributed by atoms with Crippen LogP contribution in [0, 0.1) is 11.6 Å². The van der Waals surface area contributed by atoms with Gasteiger partial charge in [0, 0.05) is 17.8 Å². The molecule has 82 valence electrons. The van der Waals surface area contributed by atoms with Gasteiger partial charge < -0.3 is 5.11 Å². The third-order valence-corrected chi connectivity index (χ3v) is 2.05. The van der Waals surface area contributed by atoms with Crippen molar-refractivity contribution in [1.82, 2.24) is 9.97 Å². The third-order valence-electron chi connectivity index (χ3n) is 2.05. The molecular weight excluding hydrogens is 214 g/mol. The number of aromatic nitrogens is 2. The van der Waals surface area contributed by atoms with Crippen LogP contribution in [0.2, 0.25) is 0 Å². The summed E-state index contributed by atoms with van der Waals surface area (Å²) in [7, 11) is 0. The molecule has 1 aromatic carbocycles. The van der Waals surface area contributed by atoms with Crippen LogP contribution < -0.4 is 0 Å². The van der Waals surface area contributed by atoms with Gasteiger partial charge in [0.1, 0.15) is 18.2 Å². The maximum Gasteiger partial charge on any atom is 0.154 e.